The standard InChI is InChI=1S/C13H12N2O2S/c1-2-11(16)9-3-4-12-10(7-9)15(6-5-14)13(17)8-18-12/h3-4,7H,2,6,8H2,1H3. The third-order valence-corrected chi connectivity index (χ3v) is 3.82. The van der Waals surface area contributed by atoms with Crippen molar-refractivity contribution in [2.24, 2.45) is 0 Å². The second kappa shape index (κ2) is 5.23. The molecule has 5 heteroatoms. The van der Waals surface area contributed by atoms with Gasteiger partial charge in [-0.15, -0.1) is 11.8 Å². The number of carbonyl (C=O) groups excluding carboxylic acids is 2. The topological polar surface area (TPSA) is 61.2 Å². The van der Waals surface area contributed by atoms with Crippen LogP contribution in [0, 0.1) is 11.3 Å². The average Bonchev–Trinajstić information content (AvgIpc) is 2.40. The van der Waals surface area contributed by atoms with E-state index in [1.165, 1.54) is 16.7 Å². The molecule has 0 bridgehead atoms. The molecule has 1 aromatic rings. The number of thioether (sulfide) groups is 1. The zero-order chi connectivity index (χ0) is 13.1. The smallest absolute Gasteiger partial charge is 0.238 e. The number of fused-ring (bicyclic) bond motifs is 1. The molecule has 0 atom stereocenters. The van der Waals surface area contributed by atoms with E-state index in [0.29, 0.717) is 23.4 Å². The van der Waals surface area contributed by atoms with E-state index in [9.17, 15) is 9.59 Å². The predicted octanol–water partition coefficient (Wildman–Crippen LogP) is 2.24. The van der Waals surface area contributed by atoms with Crippen LogP contribution in [0.2, 0.25) is 0 Å². The molecule has 1 aromatic carbocycles. The second-order valence-corrected chi connectivity index (χ2v) is 4.90. The van der Waals surface area contributed by atoms with Gasteiger partial charge in [0.15, 0.2) is 5.78 Å². The second-order valence-electron chi connectivity index (χ2n) is 3.89. The van der Waals surface area contributed by atoms with E-state index in [1.54, 1.807) is 19.1 Å². The number of nitrogens with zero attached hydrogens (tertiary/aromatic N) is 2. The fourth-order valence-electron chi connectivity index (χ4n) is 1.82. The lowest BCUT2D eigenvalue weighted by Gasteiger charge is -2.27. The maximum absolute atomic E-state index is 11.8. The molecular weight excluding hydrogens is 248 g/mol. The molecule has 92 valence electrons. The third kappa shape index (κ3) is 2.24. The van der Waals surface area contributed by atoms with Gasteiger partial charge in [0.25, 0.3) is 0 Å². The Hall–Kier alpha value is -1.80. The van der Waals surface area contributed by atoms with Crippen LogP contribution in [0.3, 0.4) is 0 Å². The van der Waals surface area contributed by atoms with Crippen molar-refractivity contribution in [3.63, 3.8) is 0 Å². The summed E-state index contributed by atoms with van der Waals surface area (Å²) >= 11 is 1.44. The number of hydrogen-bond acceptors (Lipinski definition) is 4. The highest BCUT2D eigenvalue weighted by atomic mass is 32.2. The summed E-state index contributed by atoms with van der Waals surface area (Å²) in [7, 11) is 0. The molecule has 0 fully saturated rings. The van der Waals surface area contributed by atoms with Gasteiger partial charge < -0.3 is 0 Å². The quantitative estimate of drug-likeness (QED) is 0.617. The molecule has 4 nitrogen and oxygen atoms in total. The Bertz CT molecular complexity index is 548. The molecule has 0 saturated heterocycles. The lowest BCUT2D eigenvalue weighted by molar-refractivity contribution is -0.116. The van der Waals surface area contributed by atoms with Gasteiger partial charge in [-0.1, -0.05) is 13.0 Å². The molecule has 0 aliphatic carbocycles. The van der Waals surface area contributed by atoms with Crippen LogP contribution in [0.25, 0.3) is 0 Å². The summed E-state index contributed by atoms with van der Waals surface area (Å²) in [6.45, 7) is 1.82. The monoisotopic (exact) mass is 260 g/mol. The minimum atomic E-state index is -0.0878. The molecule has 0 spiro atoms. The van der Waals surface area contributed by atoms with Crippen LogP contribution in [-0.4, -0.2) is 24.0 Å². The molecule has 0 saturated carbocycles. The highest BCUT2D eigenvalue weighted by molar-refractivity contribution is 8.00. The van der Waals surface area contributed by atoms with Crippen molar-refractivity contribution >= 4 is 29.1 Å². The molecule has 18 heavy (non-hydrogen) atoms. The maximum atomic E-state index is 11.8. The highest BCUT2D eigenvalue weighted by Crippen LogP contribution is 2.35. The average molecular weight is 260 g/mol. The number of rotatable bonds is 3. The zero-order valence-electron chi connectivity index (χ0n) is 9.97. The highest BCUT2D eigenvalue weighted by Gasteiger charge is 2.25. The molecule has 1 aliphatic heterocycles. The SMILES string of the molecule is CCC(=O)c1ccc2c(c1)N(CC#N)C(=O)CS2. The summed E-state index contributed by atoms with van der Waals surface area (Å²) in [6, 6.07) is 7.32. The van der Waals surface area contributed by atoms with Gasteiger partial charge in [0, 0.05) is 16.9 Å². The van der Waals surface area contributed by atoms with Gasteiger partial charge in [-0.25, -0.2) is 0 Å². The van der Waals surface area contributed by atoms with Gasteiger partial charge in [0.2, 0.25) is 5.91 Å². The van der Waals surface area contributed by atoms with Crippen LogP contribution in [0.1, 0.15) is 23.7 Å². The van der Waals surface area contributed by atoms with Crippen molar-refractivity contribution in [2.45, 2.75) is 18.2 Å². The molecule has 0 radical (unpaired) electrons. The summed E-state index contributed by atoms with van der Waals surface area (Å²) < 4.78 is 0. The molecule has 0 unspecified atom stereocenters. The summed E-state index contributed by atoms with van der Waals surface area (Å²) in [6.07, 6.45) is 0.429. The van der Waals surface area contributed by atoms with Gasteiger partial charge in [0.05, 0.1) is 17.5 Å². The largest absolute Gasteiger partial charge is 0.297 e. The first-order chi connectivity index (χ1) is 8.67. The summed E-state index contributed by atoms with van der Waals surface area (Å²) in [5.74, 6) is 0.295. The number of amides is 1. The van der Waals surface area contributed by atoms with Crippen LogP contribution in [0.4, 0.5) is 5.69 Å². The lowest BCUT2D eigenvalue weighted by Crippen LogP contribution is -2.35. The number of ketones is 1. The van der Waals surface area contributed by atoms with Crippen LogP contribution in [0.5, 0.6) is 0 Å². The lowest BCUT2D eigenvalue weighted by atomic mass is 10.1. The molecule has 1 amide bonds. The van der Waals surface area contributed by atoms with E-state index < -0.39 is 0 Å². The molecule has 0 N–H and O–H groups in total. The van der Waals surface area contributed by atoms with E-state index in [2.05, 4.69) is 0 Å². The zero-order valence-corrected chi connectivity index (χ0v) is 10.8. The van der Waals surface area contributed by atoms with Gasteiger partial charge in [-0.3, -0.25) is 14.5 Å². The Balaban J connectivity index is 2.45. The minimum Gasteiger partial charge on any atom is -0.297 e. The Kier molecular flexibility index (Phi) is 3.68. The number of anilines is 1. The maximum Gasteiger partial charge on any atom is 0.238 e. The van der Waals surface area contributed by atoms with Crippen LogP contribution in [-0.2, 0) is 4.79 Å². The van der Waals surface area contributed by atoms with E-state index >= 15 is 0 Å². The van der Waals surface area contributed by atoms with Crippen molar-refractivity contribution in [3.05, 3.63) is 23.8 Å². The van der Waals surface area contributed by atoms with E-state index in [0.717, 1.165) is 4.90 Å². The van der Waals surface area contributed by atoms with Gasteiger partial charge >= 0.3 is 0 Å². The molecule has 0 aromatic heterocycles. The number of carbonyl (C=O) groups is 2. The number of nitriles is 1. The Morgan fingerprint density at radius 1 is 1.56 bits per heavy atom. The fraction of sp³-hybridized carbons (Fsp3) is 0.308. The van der Waals surface area contributed by atoms with Crippen molar-refractivity contribution in [1.82, 2.24) is 0 Å². The van der Waals surface area contributed by atoms with Crippen molar-refractivity contribution in [3.8, 4) is 6.07 Å². The van der Waals surface area contributed by atoms with E-state index in [4.69, 9.17) is 5.26 Å². The van der Waals surface area contributed by atoms with Gasteiger partial charge in [0.1, 0.15) is 6.54 Å². The van der Waals surface area contributed by atoms with Crippen molar-refractivity contribution in [2.75, 3.05) is 17.2 Å². The molecule has 2 rings (SSSR count). The van der Waals surface area contributed by atoms with Gasteiger partial charge in [-0.05, 0) is 12.1 Å². The van der Waals surface area contributed by atoms with Gasteiger partial charge in [-0.2, -0.15) is 5.26 Å². The Morgan fingerprint density at radius 3 is 3.00 bits per heavy atom. The first-order valence-corrected chi connectivity index (χ1v) is 6.63. The summed E-state index contributed by atoms with van der Waals surface area (Å²) in [4.78, 5) is 25.8. The number of hydrogen-bond donors (Lipinski definition) is 0. The first-order valence-electron chi connectivity index (χ1n) is 5.64. The predicted molar refractivity (Wildman–Crippen MR) is 69.8 cm³/mol. The molecular formula is C13H12N2O2S. The number of Topliss-reactive ketones (excluding diaryl/α,β-unsaturated/α-hetero) is 1. The minimum absolute atomic E-state index is 0.0240. The van der Waals surface area contributed by atoms with Crippen molar-refractivity contribution in [1.29, 1.82) is 5.26 Å². The Morgan fingerprint density at radius 2 is 2.33 bits per heavy atom. The fourth-order valence-corrected chi connectivity index (χ4v) is 2.74. The Labute approximate surface area is 110 Å². The number of benzene rings is 1. The molecule has 1 aliphatic rings. The van der Waals surface area contributed by atoms with Crippen LogP contribution < -0.4 is 4.90 Å². The van der Waals surface area contributed by atoms with Crippen LogP contribution >= 0.6 is 11.8 Å². The summed E-state index contributed by atoms with van der Waals surface area (Å²) in [5.41, 5.74) is 1.27. The van der Waals surface area contributed by atoms with E-state index in [1.807, 2.05) is 12.1 Å². The normalized spacial score (nSPS) is 14.0. The van der Waals surface area contributed by atoms with E-state index in [-0.39, 0.29) is 18.2 Å². The molecule has 1 heterocycles. The summed E-state index contributed by atoms with van der Waals surface area (Å²) in [5, 5.41) is 8.77. The first kappa shape index (κ1) is 12.7. The third-order valence-electron chi connectivity index (χ3n) is 2.77. The van der Waals surface area contributed by atoms with Crippen LogP contribution in [0.15, 0.2) is 23.1 Å². The van der Waals surface area contributed by atoms with Crippen molar-refractivity contribution < 1.29 is 9.59 Å².